The van der Waals surface area contributed by atoms with Crippen molar-refractivity contribution in [2.45, 2.75) is 57.4 Å². The molecule has 0 spiro atoms. The van der Waals surface area contributed by atoms with Crippen molar-refractivity contribution in [3.63, 3.8) is 0 Å². The number of ether oxygens (including phenoxy) is 2. The van der Waals surface area contributed by atoms with E-state index in [1.165, 1.54) is 11.6 Å². The van der Waals surface area contributed by atoms with Crippen LogP contribution >= 0.6 is 0 Å². The molecule has 2 aliphatic rings. The smallest absolute Gasteiger partial charge is 0.250 e. The van der Waals surface area contributed by atoms with Gasteiger partial charge in [-0.05, 0) is 80.7 Å². The molecule has 2 aromatic carbocycles. The SMILES string of the molecule is N#Cc1ccc(COc2nc(C3CCN(Cc4nc5ccccc5n4C[C@H]4CCCO4)CC3)ccc2F)cc1. The second kappa shape index (κ2) is 11.5. The predicted molar refractivity (Wildman–Crippen MR) is 146 cm³/mol. The van der Waals surface area contributed by atoms with Gasteiger partial charge in [-0.15, -0.1) is 0 Å². The van der Waals surface area contributed by atoms with Crippen LogP contribution in [0.25, 0.3) is 11.0 Å². The summed E-state index contributed by atoms with van der Waals surface area (Å²) in [5, 5.41) is 8.96. The molecule has 39 heavy (non-hydrogen) atoms. The van der Waals surface area contributed by atoms with Gasteiger partial charge in [0.25, 0.3) is 5.88 Å². The molecule has 200 valence electrons. The monoisotopic (exact) mass is 525 g/mol. The summed E-state index contributed by atoms with van der Waals surface area (Å²) in [7, 11) is 0. The van der Waals surface area contributed by atoms with E-state index in [1.54, 1.807) is 18.2 Å². The standard InChI is InChI=1S/C31H32FN5O2/c32-26-11-12-27(35-31(26)39-21-23-9-7-22(18-33)8-10-23)24-13-15-36(16-14-24)20-30-34-28-5-1-2-6-29(28)37(30)19-25-4-3-17-38-25/h1-2,5-12,24-25H,3-4,13-17,19-21H2/t25-/m1/s1. The second-order valence-corrected chi connectivity index (χ2v) is 10.4. The zero-order valence-electron chi connectivity index (χ0n) is 21.9. The van der Waals surface area contributed by atoms with Crippen LogP contribution in [0.5, 0.6) is 5.88 Å². The summed E-state index contributed by atoms with van der Waals surface area (Å²) in [5.74, 6) is 0.908. The minimum atomic E-state index is -0.463. The third-order valence-electron chi connectivity index (χ3n) is 7.81. The highest BCUT2D eigenvalue weighted by atomic mass is 19.1. The van der Waals surface area contributed by atoms with Crippen LogP contribution in [0, 0.1) is 17.1 Å². The van der Waals surface area contributed by atoms with Crippen molar-refractivity contribution in [1.82, 2.24) is 19.4 Å². The van der Waals surface area contributed by atoms with Crippen LogP contribution in [0.4, 0.5) is 4.39 Å². The van der Waals surface area contributed by atoms with Crippen molar-refractivity contribution in [2.24, 2.45) is 0 Å². The zero-order valence-corrected chi connectivity index (χ0v) is 21.9. The van der Waals surface area contributed by atoms with Gasteiger partial charge in [0, 0.05) is 18.2 Å². The van der Waals surface area contributed by atoms with Crippen LogP contribution in [0.2, 0.25) is 0 Å². The summed E-state index contributed by atoms with van der Waals surface area (Å²) in [6.07, 6.45) is 4.37. The van der Waals surface area contributed by atoms with Crippen LogP contribution in [-0.2, 0) is 24.4 Å². The molecule has 2 saturated heterocycles. The molecule has 7 nitrogen and oxygen atoms in total. The number of hydrogen-bond donors (Lipinski definition) is 0. The molecule has 6 rings (SSSR count). The summed E-state index contributed by atoms with van der Waals surface area (Å²) in [4.78, 5) is 12.0. The Morgan fingerprint density at radius 3 is 2.59 bits per heavy atom. The number of benzene rings is 2. The first-order chi connectivity index (χ1) is 19.2. The maximum Gasteiger partial charge on any atom is 0.250 e. The van der Waals surface area contributed by atoms with Gasteiger partial charge in [-0.25, -0.2) is 14.4 Å². The maximum absolute atomic E-state index is 14.5. The fourth-order valence-electron chi connectivity index (χ4n) is 5.62. The number of imidazole rings is 1. The molecule has 2 aliphatic heterocycles. The number of hydrogen-bond acceptors (Lipinski definition) is 6. The van der Waals surface area contributed by atoms with E-state index < -0.39 is 5.82 Å². The first kappa shape index (κ1) is 25.5. The molecule has 0 bridgehead atoms. The molecule has 4 aromatic rings. The van der Waals surface area contributed by atoms with Crippen LogP contribution < -0.4 is 4.74 Å². The van der Waals surface area contributed by atoms with Crippen LogP contribution in [0.3, 0.4) is 0 Å². The lowest BCUT2D eigenvalue weighted by atomic mass is 9.93. The highest BCUT2D eigenvalue weighted by Gasteiger charge is 2.25. The molecule has 0 saturated carbocycles. The number of aromatic nitrogens is 3. The van der Waals surface area contributed by atoms with Crippen molar-refractivity contribution >= 4 is 11.0 Å². The number of piperidine rings is 1. The molecule has 0 unspecified atom stereocenters. The van der Waals surface area contributed by atoms with E-state index in [4.69, 9.17) is 19.7 Å². The van der Waals surface area contributed by atoms with Gasteiger partial charge in [-0.2, -0.15) is 5.26 Å². The molecule has 2 aromatic heterocycles. The number of rotatable bonds is 8. The van der Waals surface area contributed by atoms with Gasteiger partial charge in [0.15, 0.2) is 5.82 Å². The number of para-hydroxylation sites is 2. The number of nitriles is 1. The summed E-state index contributed by atoms with van der Waals surface area (Å²) in [6.45, 7) is 4.54. The Hall–Kier alpha value is -3.80. The fraction of sp³-hybridized carbons (Fsp3) is 0.387. The molecule has 8 heteroatoms. The number of nitrogens with zero attached hydrogens (tertiary/aromatic N) is 5. The molecule has 0 N–H and O–H groups in total. The molecule has 2 fully saturated rings. The zero-order chi connectivity index (χ0) is 26.6. The summed E-state index contributed by atoms with van der Waals surface area (Å²) >= 11 is 0. The number of likely N-dealkylation sites (tertiary alicyclic amines) is 1. The third-order valence-corrected chi connectivity index (χ3v) is 7.81. The largest absolute Gasteiger partial charge is 0.471 e. The van der Waals surface area contributed by atoms with Crippen LogP contribution in [0.1, 0.15) is 54.2 Å². The highest BCUT2D eigenvalue weighted by molar-refractivity contribution is 5.75. The van der Waals surface area contributed by atoms with E-state index in [-0.39, 0.29) is 24.5 Å². The summed E-state index contributed by atoms with van der Waals surface area (Å²) in [6, 6.07) is 20.7. The van der Waals surface area contributed by atoms with E-state index in [2.05, 4.69) is 38.7 Å². The van der Waals surface area contributed by atoms with Gasteiger partial charge in [0.1, 0.15) is 12.4 Å². The van der Waals surface area contributed by atoms with Crippen molar-refractivity contribution in [3.05, 3.63) is 89.1 Å². The normalized spacial score (nSPS) is 18.4. The molecular formula is C31H32FN5O2. The quantitative estimate of drug-likeness (QED) is 0.299. The molecular weight excluding hydrogens is 493 g/mol. The van der Waals surface area contributed by atoms with Gasteiger partial charge in [-0.1, -0.05) is 24.3 Å². The Morgan fingerprint density at radius 1 is 1.00 bits per heavy atom. The van der Waals surface area contributed by atoms with Crippen molar-refractivity contribution < 1.29 is 13.9 Å². The van der Waals surface area contributed by atoms with Crippen molar-refractivity contribution in [3.8, 4) is 11.9 Å². The minimum Gasteiger partial charge on any atom is -0.471 e. The molecule has 4 heterocycles. The Kier molecular flexibility index (Phi) is 7.53. The Bertz CT molecular complexity index is 1460. The van der Waals surface area contributed by atoms with Crippen molar-refractivity contribution in [2.75, 3.05) is 19.7 Å². The van der Waals surface area contributed by atoms with Crippen molar-refractivity contribution in [1.29, 1.82) is 5.26 Å². The highest BCUT2D eigenvalue weighted by Crippen LogP contribution is 2.30. The summed E-state index contributed by atoms with van der Waals surface area (Å²) < 4.78 is 28.5. The fourth-order valence-corrected chi connectivity index (χ4v) is 5.62. The number of halogens is 1. The van der Waals surface area contributed by atoms with Crippen LogP contribution in [-0.4, -0.2) is 45.2 Å². The molecule has 0 aliphatic carbocycles. The average Bonchev–Trinajstić information content (AvgIpc) is 3.62. The van der Waals surface area contributed by atoms with E-state index in [0.29, 0.717) is 5.56 Å². The van der Waals surface area contributed by atoms with Gasteiger partial charge in [0.05, 0.1) is 41.9 Å². The van der Waals surface area contributed by atoms with Gasteiger partial charge in [0.2, 0.25) is 0 Å². The third kappa shape index (κ3) is 5.80. The van der Waals surface area contributed by atoms with Gasteiger partial charge < -0.3 is 14.0 Å². The molecule has 1 atom stereocenters. The first-order valence-electron chi connectivity index (χ1n) is 13.7. The predicted octanol–water partition coefficient (Wildman–Crippen LogP) is 5.58. The van der Waals surface area contributed by atoms with Gasteiger partial charge >= 0.3 is 0 Å². The van der Waals surface area contributed by atoms with Gasteiger partial charge in [-0.3, -0.25) is 4.90 Å². The van der Waals surface area contributed by atoms with E-state index in [1.807, 2.05) is 18.2 Å². The lowest BCUT2D eigenvalue weighted by Gasteiger charge is -2.31. The lowest BCUT2D eigenvalue weighted by molar-refractivity contribution is 0.0960. The van der Waals surface area contributed by atoms with E-state index >= 15 is 0 Å². The summed E-state index contributed by atoms with van der Waals surface area (Å²) in [5.41, 5.74) is 4.51. The minimum absolute atomic E-state index is 0.0298. The molecule has 0 radical (unpaired) electrons. The topological polar surface area (TPSA) is 76.2 Å². The van der Waals surface area contributed by atoms with E-state index in [9.17, 15) is 4.39 Å². The first-order valence-corrected chi connectivity index (χ1v) is 13.7. The number of fused-ring (bicyclic) bond motifs is 1. The van der Waals surface area contributed by atoms with Crippen LogP contribution in [0.15, 0.2) is 60.7 Å². The molecule has 0 amide bonds. The average molecular weight is 526 g/mol. The maximum atomic E-state index is 14.5. The Morgan fingerprint density at radius 2 is 1.82 bits per heavy atom. The lowest BCUT2D eigenvalue weighted by Crippen LogP contribution is -2.34. The Labute approximate surface area is 227 Å². The number of pyridine rings is 1. The Balaban J connectivity index is 1.09. The van der Waals surface area contributed by atoms with E-state index in [0.717, 1.165) is 81.1 Å². The second-order valence-electron chi connectivity index (χ2n) is 10.4.